The summed E-state index contributed by atoms with van der Waals surface area (Å²) in [5.41, 5.74) is 5.68. The molecule has 1 aromatic heterocycles. The maximum absolute atomic E-state index is 13.9. The van der Waals surface area contributed by atoms with Gasteiger partial charge in [0.1, 0.15) is 11.5 Å². The van der Waals surface area contributed by atoms with Gasteiger partial charge in [0.05, 0.1) is 5.92 Å². The summed E-state index contributed by atoms with van der Waals surface area (Å²) >= 11 is 0. The van der Waals surface area contributed by atoms with Crippen LogP contribution >= 0.6 is 0 Å². The van der Waals surface area contributed by atoms with Gasteiger partial charge in [-0.15, -0.1) is 0 Å². The van der Waals surface area contributed by atoms with E-state index in [1.54, 1.807) is 0 Å². The van der Waals surface area contributed by atoms with Gasteiger partial charge in [-0.1, -0.05) is 53.7 Å². The zero-order valence-corrected chi connectivity index (χ0v) is 18.9. The number of nitrogens with zero attached hydrogens (tertiary/aromatic N) is 2. The van der Waals surface area contributed by atoms with Crippen LogP contribution in [0, 0.1) is 19.8 Å². The summed E-state index contributed by atoms with van der Waals surface area (Å²) in [6.07, 6.45) is 3.07. The predicted octanol–water partition coefficient (Wildman–Crippen LogP) is 4.84. The average Bonchev–Trinajstić information content (AvgIpc) is 3.55. The minimum absolute atomic E-state index is 0.0496. The van der Waals surface area contributed by atoms with E-state index in [9.17, 15) is 4.79 Å². The largest absolute Gasteiger partial charge is 0.360 e. The van der Waals surface area contributed by atoms with Crippen molar-refractivity contribution in [1.29, 1.82) is 0 Å². The van der Waals surface area contributed by atoms with Gasteiger partial charge in [0.15, 0.2) is 0 Å². The van der Waals surface area contributed by atoms with Crippen molar-refractivity contribution < 1.29 is 9.32 Å². The van der Waals surface area contributed by atoms with Gasteiger partial charge in [-0.3, -0.25) is 4.79 Å². The second-order valence-corrected chi connectivity index (χ2v) is 9.24. The fourth-order valence-corrected chi connectivity index (χ4v) is 4.82. The quantitative estimate of drug-likeness (QED) is 0.609. The highest BCUT2D eigenvalue weighted by Gasteiger charge is 2.41. The molecule has 0 spiro atoms. The lowest BCUT2D eigenvalue weighted by Crippen LogP contribution is -2.47. The summed E-state index contributed by atoms with van der Waals surface area (Å²) in [6.45, 7) is 6.55. The predicted molar refractivity (Wildman–Crippen MR) is 125 cm³/mol. The SMILES string of the molecule is Cc1cccc(CN(C(=O)[C@H]2CNCC[C@@H]2c2cc(-c3ccccc3)no2)C2CC2)c1C. The lowest BCUT2D eigenvalue weighted by Gasteiger charge is -2.34. The molecule has 1 saturated heterocycles. The van der Waals surface area contributed by atoms with Crippen LogP contribution in [0.2, 0.25) is 0 Å². The average molecular weight is 430 g/mol. The van der Waals surface area contributed by atoms with E-state index in [1.165, 1.54) is 16.7 Å². The van der Waals surface area contributed by atoms with Gasteiger partial charge in [0, 0.05) is 36.7 Å². The lowest BCUT2D eigenvalue weighted by molar-refractivity contribution is -0.138. The molecule has 2 fully saturated rings. The minimum atomic E-state index is -0.133. The van der Waals surface area contributed by atoms with Crippen molar-refractivity contribution in [3.63, 3.8) is 0 Å². The van der Waals surface area contributed by atoms with E-state index >= 15 is 0 Å². The molecule has 166 valence electrons. The molecule has 5 nitrogen and oxygen atoms in total. The van der Waals surface area contributed by atoms with Crippen molar-refractivity contribution in [1.82, 2.24) is 15.4 Å². The maximum atomic E-state index is 13.9. The van der Waals surface area contributed by atoms with Gasteiger partial charge in [-0.25, -0.2) is 0 Å². The summed E-state index contributed by atoms with van der Waals surface area (Å²) < 4.78 is 5.80. The van der Waals surface area contributed by atoms with E-state index in [-0.39, 0.29) is 17.7 Å². The first kappa shape index (κ1) is 21.0. The molecule has 1 amide bonds. The van der Waals surface area contributed by atoms with Crippen LogP contribution in [0.4, 0.5) is 0 Å². The number of aryl methyl sites for hydroxylation is 1. The molecule has 2 aromatic carbocycles. The Balaban J connectivity index is 1.39. The van der Waals surface area contributed by atoms with Gasteiger partial charge < -0.3 is 14.7 Å². The second-order valence-electron chi connectivity index (χ2n) is 9.24. The highest BCUT2D eigenvalue weighted by Crippen LogP contribution is 2.37. The Labute approximate surface area is 189 Å². The zero-order valence-electron chi connectivity index (χ0n) is 18.9. The molecule has 0 radical (unpaired) electrons. The maximum Gasteiger partial charge on any atom is 0.228 e. The van der Waals surface area contributed by atoms with Gasteiger partial charge >= 0.3 is 0 Å². The fourth-order valence-electron chi connectivity index (χ4n) is 4.82. The van der Waals surface area contributed by atoms with Crippen LogP contribution in [0.25, 0.3) is 11.3 Å². The lowest BCUT2D eigenvalue weighted by atomic mass is 9.83. The molecule has 1 saturated carbocycles. The molecule has 1 aliphatic heterocycles. The molecule has 2 atom stereocenters. The van der Waals surface area contributed by atoms with Crippen molar-refractivity contribution in [3.8, 4) is 11.3 Å². The molecule has 5 heteroatoms. The third-order valence-electron chi connectivity index (χ3n) is 7.09. The highest BCUT2D eigenvalue weighted by atomic mass is 16.5. The number of hydrogen-bond acceptors (Lipinski definition) is 4. The molecule has 1 aliphatic carbocycles. The molecule has 1 N–H and O–H groups in total. The number of rotatable bonds is 6. The molecular formula is C27H31N3O2. The molecule has 5 rings (SSSR count). The Morgan fingerprint density at radius 2 is 1.91 bits per heavy atom. The Kier molecular flexibility index (Phi) is 5.83. The van der Waals surface area contributed by atoms with Gasteiger partial charge in [-0.05, 0) is 56.3 Å². The number of nitrogens with one attached hydrogen (secondary N) is 1. The smallest absolute Gasteiger partial charge is 0.228 e. The van der Waals surface area contributed by atoms with Crippen molar-refractivity contribution in [2.45, 2.75) is 51.6 Å². The van der Waals surface area contributed by atoms with Crippen LogP contribution in [0.3, 0.4) is 0 Å². The van der Waals surface area contributed by atoms with Crippen LogP contribution in [0.15, 0.2) is 59.1 Å². The monoisotopic (exact) mass is 429 g/mol. The molecule has 0 unspecified atom stereocenters. The van der Waals surface area contributed by atoms with Crippen LogP contribution in [-0.2, 0) is 11.3 Å². The van der Waals surface area contributed by atoms with Crippen molar-refractivity contribution >= 4 is 5.91 Å². The first-order valence-electron chi connectivity index (χ1n) is 11.7. The molecule has 2 heterocycles. The number of piperidine rings is 1. The third-order valence-corrected chi connectivity index (χ3v) is 7.09. The number of hydrogen-bond donors (Lipinski definition) is 1. The van der Waals surface area contributed by atoms with E-state index in [4.69, 9.17) is 4.52 Å². The van der Waals surface area contributed by atoms with Crippen LogP contribution < -0.4 is 5.32 Å². The number of aromatic nitrogens is 1. The molecule has 2 aliphatic rings. The Morgan fingerprint density at radius 1 is 1.09 bits per heavy atom. The summed E-state index contributed by atoms with van der Waals surface area (Å²) in [5, 5.41) is 7.76. The molecule has 32 heavy (non-hydrogen) atoms. The second kappa shape index (κ2) is 8.91. The molecule has 3 aromatic rings. The molecular weight excluding hydrogens is 398 g/mol. The van der Waals surface area contributed by atoms with Crippen LogP contribution in [0.5, 0.6) is 0 Å². The highest BCUT2D eigenvalue weighted by molar-refractivity contribution is 5.81. The number of carbonyl (C=O) groups excluding carboxylic acids is 1. The Hall–Kier alpha value is -2.92. The van der Waals surface area contributed by atoms with Gasteiger partial charge in [-0.2, -0.15) is 0 Å². The number of benzene rings is 2. The van der Waals surface area contributed by atoms with Crippen LogP contribution in [-0.4, -0.2) is 35.1 Å². The van der Waals surface area contributed by atoms with Crippen molar-refractivity contribution in [2.24, 2.45) is 5.92 Å². The summed E-state index contributed by atoms with van der Waals surface area (Å²) in [5.74, 6) is 0.981. The zero-order chi connectivity index (χ0) is 22.1. The standard InChI is InChI=1S/C27H31N3O2/c1-18-7-6-10-21(19(18)2)17-30(22-11-12-22)27(31)24-16-28-14-13-23(24)26-15-25(29-32-26)20-8-4-3-5-9-20/h3-10,15,22-24,28H,11-14,16-17H2,1-2H3/t23-,24-/m0/s1. The van der Waals surface area contributed by atoms with Crippen LogP contribution in [0.1, 0.15) is 47.6 Å². The van der Waals surface area contributed by atoms with Gasteiger partial charge in [0.2, 0.25) is 5.91 Å². The number of carbonyl (C=O) groups is 1. The minimum Gasteiger partial charge on any atom is -0.360 e. The summed E-state index contributed by atoms with van der Waals surface area (Å²) in [6, 6.07) is 18.8. The van der Waals surface area contributed by atoms with E-state index in [2.05, 4.69) is 47.4 Å². The van der Waals surface area contributed by atoms with Crippen molar-refractivity contribution in [3.05, 3.63) is 77.0 Å². The number of amides is 1. The Morgan fingerprint density at radius 3 is 2.69 bits per heavy atom. The van der Waals surface area contributed by atoms with E-state index < -0.39 is 0 Å². The summed E-state index contributed by atoms with van der Waals surface area (Å²) in [4.78, 5) is 16.0. The van der Waals surface area contributed by atoms with E-state index in [1.807, 2.05) is 36.4 Å². The normalized spacial score (nSPS) is 20.8. The molecule has 0 bridgehead atoms. The van der Waals surface area contributed by atoms with Gasteiger partial charge in [0.25, 0.3) is 0 Å². The summed E-state index contributed by atoms with van der Waals surface area (Å²) in [7, 11) is 0. The van der Waals surface area contributed by atoms with E-state index in [0.717, 1.165) is 42.8 Å². The van der Waals surface area contributed by atoms with Crippen molar-refractivity contribution in [2.75, 3.05) is 13.1 Å². The van der Waals surface area contributed by atoms with E-state index in [0.29, 0.717) is 19.1 Å². The topological polar surface area (TPSA) is 58.4 Å². The first-order valence-corrected chi connectivity index (χ1v) is 11.7. The first-order chi connectivity index (χ1) is 15.6. The fraction of sp³-hybridized carbons (Fsp3) is 0.407. The Bertz CT molecular complexity index is 1090. The third kappa shape index (κ3) is 4.22.